The van der Waals surface area contributed by atoms with Gasteiger partial charge in [0, 0.05) is 17.7 Å². The van der Waals surface area contributed by atoms with Crippen LogP contribution < -0.4 is 0 Å². The number of rotatable bonds is 7. The Balaban J connectivity index is 2.27. The molecule has 0 amide bonds. The van der Waals surface area contributed by atoms with Gasteiger partial charge in [0.15, 0.2) is 0 Å². The highest BCUT2D eigenvalue weighted by Gasteiger charge is 2.40. The summed E-state index contributed by atoms with van der Waals surface area (Å²) in [6.45, 7) is 0. The van der Waals surface area contributed by atoms with Gasteiger partial charge in [-0.3, -0.25) is 4.79 Å². The van der Waals surface area contributed by atoms with Crippen LogP contribution in [0.1, 0.15) is 32.1 Å². The Morgan fingerprint density at radius 2 is 2.21 bits per heavy atom. The number of carbonyl (C=O) groups is 2. The van der Waals surface area contributed by atoms with E-state index in [-0.39, 0.29) is 23.2 Å². The quantitative estimate of drug-likeness (QED) is 0.256. The van der Waals surface area contributed by atoms with Crippen molar-refractivity contribution in [1.29, 1.82) is 0 Å². The first-order valence-electron chi connectivity index (χ1n) is 6.59. The molecular formula is C14H21ClO4. The van der Waals surface area contributed by atoms with Crippen LogP contribution in [0.3, 0.4) is 0 Å². The van der Waals surface area contributed by atoms with Crippen molar-refractivity contribution >= 4 is 23.9 Å². The number of carbonyl (C=O) groups excluding carboxylic acids is 2. The van der Waals surface area contributed by atoms with Gasteiger partial charge in [0.1, 0.15) is 6.29 Å². The van der Waals surface area contributed by atoms with Crippen LogP contribution in [0.25, 0.3) is 0 Å². The van der Waals surface area contributed by atoms with E-state index in [2.05, 4.69) is 4.74 Å². The SMILES string of the molecule is COC(=O)CCCC=CC[C@@H]1[C@@H](C=O)[C@H](O)C[C@H]1Cl. The summed E-state index contributed by atoms with van der Waals surface area (Å²) in [5, 5.41) is 9.52. The number of aliphatic hydroxyl groups excluding tert-OH is 1. The van der Waals surface area contributed by atoms with Gasteiger partial charge < -0.3 is 14.6 Å². The highest BCUT2D eigenvalue weighted by molar-refractivity contribution is 6.21. The number of hydrogen-bond acceptors (Lipinski definition) is 4. The van der Waals surface area contributed by atoms with Gasteiger partial charge in [-0.05, 0) is 31.6 Å². The molecular weight excluding hydrogens is 268 g/mol. The topological polar surface area (TPSA) is 63.6 Å². The van der Waals surface area contributed by atoms with Gasteiger partial charge >= 0.3 is 5.97 Å². The lowest BCUT2D eigenvalue weighted by molar-refractivity contribution is -0.140. The van der Waals surface area contributed by atoms with Gasteiger partial charge in [-0.15, -0.1) is 11.6 Å². The summed E-state index contributed by atoms with van der Waals surface area (Å²) >= 11 is 6.13. The first kappa shape index (κ1) is 16.2. The predicted molar refractivity (Wildman–Crippen MR) is 72.9 cm³/mol. The Morgan fingerprint density at radius 1 is 1.47 bits per heavy atom. The number of unbranched alkanes of at least 4 members (excludes halogenated alkanes) is 1. The molecule has 0 spiro atoms. The smallest absolute Gasteiger partial charge is 0.305 e. The Kier molecular flexibility index (Phi) is 7.10. The second-order valence-corrected chi connectivity index (χ2v) is 5.43. The van der Waals surface area contributed by atoms with Crippen molar-refractivity contribution in [1.82, 2.24) is 0 Å². The van der Waals surface area contributed by atoms with Crippen LogP contribution in [0.2, 0.25) is 0 Å². The van der Waals surface area contributed by atoms with E-state index < -0.39 is 6.10 Å². The van der Waals surface area contributed by atoms with Crippen molar-refractivity contribution in [3.05, 3.63) is 12.2 Å². The van der Waals surface area contributed by atoms with Gasteiger partial charge in [-0.2, -0.15) is 0 Å². The number of aliphatic hydroxyl groups is 1. The molecule has 0 radical (unpaired) electrons. The fourth-order valence-corrected chi connectivity index (χ4v) is 2.88. The number of alkyl halides is 1. The van der Waals surface area contributed by atoms with Crippen molar-refractivity contribution in [2.75, 3.05) is 7.11 Å². The highest BCUT2D eigenvalue weighted by atomic mass is 35.5. The maximum atomic E-state index is 10.9. The van der Waals surface area contributed by atoms with Gasteiger partial charge in [0.05, 0.1) is 13.2 Å². The van der Waals surface area contributed by atoms with E-state index in [4.69, 9.17) is 11.6 Å². The number of esters is 1. The van der Waals surface area contributed by atoms with E-state index in [0.29, 0.717) is 19.3 Å². The van der Waals surface area contributed by atoms with Crippen molar-refractivity contribution < 1.29 is 19.4 Å². The van der Waals surface area contributed by atoms with Crippen LogP contribution >= 0.6 is 11.6 Å². The number of allylic oxidation sites excluding steroid dienone is 2. The van der Waals surface area contributed by atoms with Crippen molar-refractivity contribution in [3.8, 4) is 0 Å². The second-order valence-electron chi connectivity index (χ2n) is 4.87. The fourth-order valence-electron chi connectivity index (χ4n) is 2.42. The van der Waals surface area contributed by atoms with E-state index in [1.165, 1.54) is 7.11 Å². The molecule has 4 atom stereocenters. The van der Waals surface area contributed by atoms with Crippen LogP contribution in [0.4, 0.5) is 0 Å². The average molecular weight is 289 g/mol. The third-order valence-electron chi connectivity index (χ3n) is 3.58. The zero-order valence-corrected chi connectivity index (χ0v) is 11.9. The van der Waals surface area contributed by atoms with Crippen LogP contribution in [0.15, 0.2) is 12.2 Å². The summed E-state index contributed by atoms with van der Waals surface area (Å²) < 4.78 is 4.55. The normalized spacial score (nSPS) is 30.7. The molecule has 0 aromatic carbocycles. The number of aldehydes is 1. The third-order valence-corrected chi connectivity index (χ3v) is 4.08. The molecule has 0 aromatic rings. The maximum absolute atomic E-state index is 10.9. The number of hydrogen-bond donors (Lipinski definition) is 1. The molecule has 5 heteroatoms. The van der Waals surface area contributed by atoms with E-state index in [1.54, 1.807) is 0 Å². The molecule has 1 aliphatic carbocycles. The lowest BCUT2D eigenvalue weighted by Gasteiger charge is -2.16. The lowest BCUT2D eigenvalue weighted by Crippen LogP contribution is -2.21. The van der Waals surface area contributed by atoms with E-state index >= 15 is 0 Å². The summed E-state index contributed by atoms with van der Waals surface area (Å²) in [6, 6.07) is 0. The van der Waals surface area contributed by atoms with E-state index in [0.717, 1.165) is 19.1 Å². The summed E-state index contributed by atoms with van der Waals surface area (Å²) in [4.78, 5) is 21.8. The van der Waals surface area contributed by atoms with Crippen LogP contribution in [0.5, 0.6) is 0 Å². The molecule has 1 saturated carbocycles. The second kappa shape index (κ2) is 8.33. The molecule has 1 fully saturated rings. The van der Waals surface area contributed by atoms with Crippen LogP contribution in [-0.2, 0) is 14.3 Å². The van der Waals surface area contributed by atoms with Crippen LogP contribution in [0, 0.1) is 11.8 Å². The summed E-state index contributed by atoms with van der Waals surface area (Å²) in [5.41, 5.74) is 0. The highest BCUT2D eigenvalue weighted by Crippen LogP contribution is 2.37. The summed E-state index contributed by atoms with van der Waals surface area (Å²) in [5.74, 6) is -0.553. The minimum Gasteiger partial charge on any atom is -0.469 e. The number of ether oxygens (including phenoxy) is 1. The van der Waals surface area contributed by atoms with Crippen LogP contribution in [-0.4, -0.2) is 36.0 Å². The molecule has 0 unspecified atom stereocenters. The molecule has 0 bridgehead atoms. The molecule has 1 aliphatic rings. The van der Waals surface area contributed by atoms with Crippen molar-refractivity contribution in [3.63, 3.8) is 0 Å². The molecule has 0 aromatic heterocycles. The Labute approximate surface area is 118 Å². The molecule has 19 heavy (non-hydrogen) atoms. The monoisotopic (exact) mass is 288 g/mol. The van der Waals surface area contributed by atoms with Gasteiger partial charge in [0.2, 0.25) is 0 Å². The molecule has 1 rings (SSSR count). The zero-order chi connectivity index (χ0) is 14.3. The first-order chi connectivity index (χ1) is 9.10. The Bertz CT molecular complexity index is 329. The molecule has 0 aliphatic heterocycles. The van der Waals surface area contributed by atoms with Gasteiger partial charge in [0.25, 0.3) is 0 Å². The van der Waals surface area contributed by atoms with Gasteiger partial charge in [-0.25, -0.2) is 0 Å². The molecule has 1 N–H and O–H groups in total. The lowest BCUT2D eigenvalue weighted by atomic mass is 9.92. The molecule has 4 nitrogen and oxygen atoms in total. The Morgan fingerprint density at radius 3 is 2.84 bits per heavy atom. The Hall–Kier alpha value is -0.870. The van der Waals surface area contributed by atoms with Crippen molar-refractivity contribution in [2.24, 2.45) is 11.8 Å². The summed E-state index contributed by atoms with van der Waals surface area (Å²) in [7, 11) is 1.38. The third kappa shape index (κ3) is 4.96. The fraction of sp³-hybridized carbons (Fsp3) is 0.714. The predicted octanol–water partition coefficient (Wildman–Crippen LogP) is 2.08. The standard InChI is InChI=1S/C14H21ClO4/c1-19-14(18)7-5-3-2-4-6-10-11(9-16)13(17)8-12(10)15/h2,4,9-13,17H,3,5-8H2,1H3/t10-,11-,12-,13-/m1/s1. The van der Waals surface area contributed by atoms with E-state index in [1.807, 2.05) is 12.2 Å². The average Bonchev–Trinajstić information content (AvgIpc) is 2.67. The number of methoxy groups -OCH3 is 1. The number of halogens is 1. The summed E-state index contributed by atoms with van der Waals surface area (Å²) in [6.07, 6.45) is 7.28. The minimum atomic E-state index is -0.613. The van der Waals surface area contributed by atoms with Gasteiger partial charge in [-0.1, -0.05) is 12.2 Å². The largest absolute Gasteiger partial charge is 0.469 e. The molecule has 108 valence electrons. The minimum absolute atomic E-state index is 0.00558. The zero-order valence-electron chi connectivity index (χ0n) is 11.1. The van der Waals surface area contributed by atoms with Crippen molar-refractivity contribution in [2.45, 2.75) is 43.6 Å². The molecule has 0 saturated heterocycles. The maximum Gasteiger partial charge on any atom is 0.305 e. The molecule has 0 heterocycles. The van der Waals surface area contributed by atoms with E-state index in [9.17, 15) is 14.7 Å². The first-order valence-corrected chi connectivity index (χ1v) is 7.03.